The number of aromatic nitrogens is 5. The zero-order valence-corrected chi connectivity index (χ0v) is 21.9. The van der Waals surface area contributed by atoms with Gasteiger partial charge in [-0.05, 0) is 32.0 Å². The van der Waals surface area contributed by atoms with Gasteiger partial charge in [0.1, 0.15) is 18.2 Å². The van der Waals surface area contributed by atoms with Crippen LogP contribution in [0.2, 0.25) is 5.02 Å². The molecular weight excluding hydrogens is 478 g/mol. The summed E-state index contributed by atoms with van der Waals surface area (Å²) in [7, 11) is 1.56. The third-order valence-corrected chi connectivity index (χ3v) is 5.91. The monoisotopic (exact) mass is 505 g/mol. The lowest BCUT2D eigenvalue weighted by Crippen LogP contribution is -2.24. The Labute approximate surface area is 215 Å². The van der Waals surface area contributed by atoms with Gasteiger partial charge in [0.2, 0.25) is 5.88 Å². The molecule has 0 amide bonds. The zero-order chi connectivity index (χ0) is 26.0. The smallest absolute Gasteiger partial charge is 0.261 e. The van der Waals surface area contributed by atoms with Gasteiger partial charge in [-0.3, -0.25) is 14.3 Å². The summed E-state index contributed by atoms with van der Waals surface area (Å²) in [5.41, 5.74) is 3.12. The number of aryl methyl sites for hydroxylation is 1. The van der Waals surface area contributed by atoms with E-state index < -0.39 is 0 Å². The van der Waals surface area contributed by atoms with Crippen LogP contribution in [0.15, 0.2) is 53.6 Å². The van der Waals surface area contributed by atoms with Crippen molar-refractivity contribution in [3.05, 3.63) is 86.9 Å². The molecule has 0 aromatic carbocycles. The fourth-order valence-corrected chi connectivity index (χ4v) is 3.84. The Morgan fingerprint density at radius 1 is 1.03 bits per heavy atom. The summed E-state index contributed by atoms with van der Waals surface area (Å²) in [6.07, 6.45) is 3.24. The van der Waals surface area contributed by atoms with Crippen LogP contribution >= 0.6 is 11.6 Å². The molecule has 0 aliphatic heterocycles. The van der Waals surface area contributed by atoms with Crippen molar-refractivity contribution in [2.75, 3.05) is 7.11 Å². The van der Waals surface area contributed by atoms with Gasteiger partial charge in [0.05, 0.1) is 40.5 Å². The molecule has 4 aromatic rings. The van der Waals surface area contributed by atoms with Gasteiger partial charge in [-0.15, -0.1) is 0 Å². The van der Waals surface area contributed by atoms with E-state index in [1.165, 1.54) is 6.20 Å². The molecular formula is C27H28ClN5O3. The molecule has 0 saturated heterocycles. The van der Waals surface area contributed by atoms with Crippen molar-refractivity contribution in [3.8, 4) is 28.7 Å². The van der Waals surface area contributed by atoms with Gasteiger partial charge in [0.15, 0.2) is 0 Å². The molecule has 0 spiro atoms. The Morgan fingerprint density at radius 3 is 2.53 bits per heavy atom. The van der Waals surface area contributed by atoms with Gasteiger partial charge in [0.25, 0.3) is 5.56 Å². The summed E-state index contributed by atoms with van der Waals surface area (Å²) in [5.74, 6) is 1.68. The second kappa shape index (κ2) is 10.1. The molecule has 4 heterocycles. The minimum atomic E-state index is -0.235. The van der Waals surface area contributed by atoms with E-state index in [-0.39, 0.29) is 17.6 Å². The van der Waals surface area contributed by atoms with E-state index in [4.69, 9.17) is 21.1 Å². The lowest BCUT2D eigenvalue weighted by Gasteiger charge is -2.18. The van der Waals surface area contributed by atoms with Crippen molar-refractivity contribution in [3.63, 3.8) is 0 Å². The highest BCUT2D eigenvalue weighted by atomic mass is 35.5. The third-order valence-electron chi connectivity index (χ3n) is 5.62. The largest absolute Gasteiger partial charge is 0.487 e. The maximum atomic E-state index is 13.5. The van der Waals surface area contributed by atoms with Crippen LogP contribution in [0.4, 0.5) is 0 Å². The topological polar surface area (TPSA) is 92.0 Å². The summed E-state index contributed by atoms with van der Waals surface area (Å²) in [4.78, 5) is 31.3. The van der Waals surface area contributed by atoms with Crippen molar-refractivity contribution >= 4 is 11.6 Å². The summed E-state index contributed by atoms with van der Waals surface area (Å²) in [6.45, 7) is 9.90. The maximum Gasteiger partial charge on any atom is 0.261 e. The summed E-state index contributed by atoms with van der Waals surface area (Å²) < 4.78 is 12.7. The number of methoxy groups -OCH3 is 1. The Bertz CT molecular complexity index is 1480. The highest BCUT2D eigenvalue weighted by Gasteiger charge is 2.20. The maximum absolute atomic E-state index is 13.5. The molecule has 36 heavy (non-hydrogen) atoms. The molecule has 0 radical (unpaired) electrons. The minimum Gasteiger partial charge on any atom is -0.487 e. The van der Waals surface area contributed by atoms with Crippen LogP contribution in [-0.4, -0.2) is 31.6 Å². The fraction of sp³-hybridized carbons (Fsp3) is 0.296. The Balaban J connectivity index is 1.71. The average Bonchev–Trinajstić information content (AvgIpc) is 2.86. The van der Waals surface area contributed by atoms with Crippen LogP contribution in [0.5, 0.6) is 11.6 Å². The molecule has 0 fully saturated rings. The standard InChI is InChI=1S/C27H28ClN5O3/c1-16-12-23(36-15-18-8-7-9-24(31-18)35-6)17(2)25(34)33(16)22-13-21(30-14-19(22)28)20-10-11-29-26(32-20)27(3,4)5/h7-14H,15H2,1-6H3. The summed E-state index contributed by atoms with van der Waals surface area (Å²) >= 11 is 6.52. The number of pyridine rings is 3. The Morgan fingerprint density at radius 2 is 1.81 bits per heavy atom. The van der Waals surface area contributed by atoms with Gasteiger partial charge in [-0.1, -0.05) is 38.4 Å². The van der Waals surface area contributed by atoms with Crippen LogP contribution in [0.25, 0.3) is 17.1 Å². The Hall–Kier alpha value is -3.78. The van der Waals surface area contributed by atoms with Gasteiger partial charge in [-0.2, -0.15) is 0 Å². The number of halogens is 1. The minimum absolute atomic E-state index is 0.199. The van der Waals surface area contributed by atoms with Gasteiger partial charge >= 0.3 is 0 Å². The number of ether oxygens (including phenoxy) is 2. The van der Waals surface area contributed by atoms with Crippen LogP contribution in [0, 0.1) is 13.8 Å². The summed E-state index contributed by atoms with van der Waals surface area (Å²) in [6, 6.07) is 10.8. The van der Waals surface area contributed by atoms with E-state index in [0.717, 1.165) is 0 Å². The van der Waals surface area contributed by atoms with Crippen molar-refractivity contribution in [1.29, 1.82) is 0 Å². The van der Waals surface area contributed by atoms with Crippen molar-refractivity contribution in [1.82, 2.24) is 24.5 Å². The van der Waals surface area contributed by atoms with Crippen LogP contribution in [0.3, 0.4) is 0 Å². The van der Waals surface area contributed by atoms with E-state index >= 15 is 0 Å². The van der Waals surface area contributed by atoms with Crippen LogP contribution < -0.4 is 15.0 Å². The molecule has 0 atom stereocenters. The number of rotatable bonds is 6. The van der Waals surface area contributed by atoms with Gasteiger partial charge < -0.3 is 9.47 Å². The van der Waals surface area contributed by atoms with Crippen molar-refractivity contribution in [2.24, 2.45) is 0 Å². The van der Waals surface area contributed by atoms with E-state index in [1.54, 1.807) is 43.0 Å². The second-order valence-electron chi connectivity index (χ2n) is 9.41. The highest BCUT2D eigenvalue weighted by Crippen LogP contribution is 2.28. The number of nitrogens with zero attached hydrogens (tertiary/aromatic N) is 5. The van der Waals surface area contributed by atoms with E-state index in [0.29, 0.717) is 56.5 Å². The van der Waals surface area contributed by atoms with E-state index in [9.17, 15) is 4.79 Å². The lowest BCUT2D eigenvalue weighted by atomic mass is 9.95. The molecule has 0 unspecified atom stereocenters. The fourth-order valence-electron chi connectivity index (χ4n) is 3.65. The molecule has 4 aromatic heterocycles. The number of hydrogen-bond donors (Lipinski definition) is 0. The van der Waals surface area contributed by atoms with Crippen molar-refractivity contribution in [2.45, 2.75) is 46.6 Å². The molecule has 0 N–H and O–H groups in total. The predicted octanol–water partition coefficient (Wildman–Crippen LogP) is 5.24. The molecule has 0 saturated carbocycles. The molecule has 4 rings (SSSR count). The highest BCUT2D eigenvalue weighted by molar-refractivity contribution is 6.32. The predicted molar refractivity (Wildman–Crippen MR) is 139 cm³/mol. The number of hydrogen-bond acceptors (Lipinski definition) is 7. The average molecular weight is 506 g/mol. The van der Waals surface area contributed by atoms with E-state index in [2.05, 4.69) is 19.9 Å². The van der Waals surface area contributed by atoms with Crippen molar-refractivity contribution < 1.29 is 9.47 Å². The van der Waals surface area contributed by atoms with E-state index in [1.807, 2.05) is 45.9 Å². The molecule has 8 nitrogen and oxygen atoms in total. The first kappa shape index (κ1) is 25.3. The van der Waals surface area contributed by atoms with Gasteiger partial charge in [-0.25, -0.2) is 15.0 Å². The summed E-state index contributed by atoms with van der Waals surface area (Å²) in [5, 5.41) is 0.350. The Kier molecular flexibility index (Phi) is 7.08. The first-order chi connectivity index (χ1) is 17.1. The second-order valence-corrected chi connectivity index (χ2v) is 9.82. The molecule has 0 aliphatic rings. The zero-order valence-electron chi connectivity index (χ0n) is 21.2. The lowest BCUT2D eigenvalue weighted by molar-refractivity contribution is 0.294. The first-order valence-electron chi connectivity index (χ1n) is 11.4. The van der Waals surface area contributed by atoms with Crippen LogP contribution in [0.1, 0.15) is 43.5 Å². The molecule has 0 aliphatic carbocycles. The molecule has 9 heteroatoms. The van der Waals surface area contributed by atoms with Gasteiger partial charge in [0, 0.05) is 35.6 Å². The molecule has 0 bridgehead atoms. The molecule has 186 valence electrons. The third kappa shape index (κ3) is 5.23. The van der Waals surface area contributed by atoms with Crippen LogP contribution in [-0.2, 0) is 12.0 Å². The quantitative estimate of drug-likeness (QED) is 0.354. The first-order valence-corrected chi connectivity index (χ1v) is 11.8. The SMILES string of the molecule is COc1cccc(COc2cc(C)n(-c3cc(-c4ccnc(C(C)(C)C)n4)ncc3Cl)c(=O)c2C)n1. The normalized spacial score (nSPS) is 11.4.